The number of halogens is 3. The van der Waals surface area contributed by atoms with E-state index < -0.39 is 96.1 Å². The van der Waals surface area contributed by atoms with Crippen molar-refractivity contribution in [1.29, 1.82) is 0 Å². The number of ether oxygens (including phenoxy) is 1. The van der Waals surface area contributed by atoms with Crippen molar-refractivity contribution < 1.29 is 83.2 Å². The van der Waals surface area contributed by atoms with Crippen LogP contribution in [-0.2, 0) is 84.7 Å². The number of rotatable bonds is 42. The fraction of sp³-hybridized carbons (Fsp3) is 0.381. The quantitative estimate of drug-likeness (QED) is 0.00974. The molecule has 11 N–H and O–H groups in total. The van der Waals surface area contributed by atoms with Gasteiger partial charge in [-0.05, 0) is 279 Å². The van der Waals surface area contributed by atoms with E-state index in [-0.39, 0.29) is 110 Å². The maximum atomic E-state index is 14.1. The molecule has 6 aromatic carbocycles. The summed E-state index contributed by atoms with van der Waals surface area (Å²) in [6.07, 6.45) is 13.3. The molecular weight excluding hydrogens is 1990 g/mol. The molecule has 0 bridgehead atoms. The third-order valence-corrected chi connectivity index (χ3v) is 32.0. The third kappa shape index (κ3) is 36.2. The lowest BCUT2D eigenvalue weighted by atomic mass is 9.98. The molecule has 0 aliphatic heterocycles. The van der Waals surface area contributed by atoms with E-state index in [9.17, 15) is 69.7 Å². The number of nitrogens with two attached hydrogens (primary N) is 2. The predicted molar refractivity (Wildman–Crippen MR) is 551 cm³/mol. The Morgan fingerprint density at radius 3 is 1.07 bits per heavy atom. The molecule has 0 saturated heterocycles. The van der Waals surface area contributed by atoms with Gasteiger partial charge in [-0.1, -0.05) is 116 Å². The van der Waals surface area contributed by atoms with Crippen molar-refractivity contribution in [3.8, 4) is 33.4 Å². The van der Waals surface area contributed by atoms with Crippen LogP contribution in [0, 0.1) is 41.5 Å². The van der Waals surface area contributed by atoms with Crippen LogP contribution in [0.4, 0.5) is 10.5 Å². The van der Waals surface area contributed by atoms with Crippen molar-refractivity contribution in [2.45, 2.75) is 186 Å². The number of nitrogens with one attached hydrogen (secondary N) is 7. The van der Waals surface area contributed by atoms with Crippen LogP contribution < -0.4 is 54.7 Å². The Balaban J connectivity index is 0.000000263. The zero-order chi connectivity index (χ0) is 105. The van der Waals surface area contributed by atoms with E-state index in [1.807, 2.05) is 161 Å². The zero-order valence-corrected chi connectivity index (χ0v) is 89.3. The lowest BCUT2D eigenvalue weighted by Crippen LogP contribution is -2.52. The van der Waals surface area contributed by atoms with E-state index in [2.05, 4.69) is 40.3 Å². The van der Waals surface area contributed by atoms with Crippen LogP contribution in [0.5, 0.6) is 0 Å². The molecule has 35 nitrogen and oxygen atoms in total. The second-order valence-electron chi connectivity index (χ2n) is 35.1. The lowest BCUT2D eigenvalue weighted by Gasteiger charge is -2.30. The number of carbonyl (C=O) groups is 4. The molecule has 0 unspecified atom stereocenters. The highest BCUT2D eigenvalue weighted by Gasteiger charge is 2.37. The minimum atomic E-state index is -4.03. The van der Waals surface area contributed by atoms with Crippen molar-refractivity contribution >= 4 is 125 Å². The minimum Gasteiger partial charge on any atom is -0.443 e. The fourth-order valence-electron chi connectivity index (χ4n) is 14.3. The summed E-state index contributed by atoms with van der Waals surface area (Å²) in [5.41, 5.74) is 17.5. The molecule has 0 fully saturated rings. The number of aromatic nitrogens is 4. The van der Waals surface area contributed by atoms with E-state index in [1.165, 1.54) is 37.4 Å². The molecule has 0 aliphatic carbocycles. The number of hydrogen-bond acceptors (Lipinski definition) is 23. The van der Waals surface area contributed by atoms with Gasteiger partial charge < -0.3 is 31.3 Å². The molecule has 10 rings (SSSR count). The maximum absolute atomic E-state index is 14.1. The lowest BCUT2D eigenvalue weighted by molar-refractivity contribution is -0.512. The highest BCUT2D eigenvalue weighted by Crippen LogP contribution is 2.39. The Bertz CT molecular complexity index is 6690. The maximum Gasteiger partial charge on any atom is 0.474 e. The monoisotopic (exact) mass is 2120 g/mol. The number of carbonyl (C=O) groups excluding carboxylic acids is 4. The van der Waals surface area contributed by atoms with Crippen LogP contribution in [-0.4, -0.2) is 186 Å². The number of pyridine rings is 4. The molecule has 0 radical (unpaired) electrons. The summed E-state index contributed by atoms with van der Waals surface area (Å²) in [5, 5.41) is 13.9. The minimum absolute atomic E-state index is 0.0294. The average Bonchev–Trinajstić information content (AvgIpc) is 0.779. The number of amides is 4. The Morgan fingerprint density at radius 1 is 0.440 bits per heavy atom. The molecule has 44 heteroatoms. The molecule has 0 spiro atoms. The van der Waals surface area contributed by atoms with Crippen molar-refractivity contribution in [2.24, 2.45) is 10.9 Å². The summed E-state index contributed by atoms with van der Waals surface area (Å²) in [6.45, 7) is 27.5. The molecule has 0 saturated carbocycles. The zero-order valence-electron chi connectivity index (χ0n) is 82.1. The smallest absolute Gasteiger partial charge is 0.443 e. The van der Waals surface area contributed by atoms with Gasteiger partial charge in [0.15, 0.2) is 12.4 Å². The number of sulfonamides is 3. The second-order valence-corrected chi connectivity index (χ2v) is 46.3. The first-order chi connectivity index (χ1) is 66.0. The third-order valence-electron chi connectivity index (χ3n) is 21.8. The summed E-state index contributed by atoms with van der Waals surface area (Å²) in [6, 6.07) is 45.1. The van der Waals surface area contributed by atoms with Crippen LogP contribution in [0.15, 0.2) is 222 Å². The van der Waals surface area contributed by atoms with Crippen LogP contribution in [0.2, 0.25) is 15.1 Å². The molecule has 0 aliphatic rings. The topological polar surface area (TPSA) is 483 Å². The molecule has 4 heterocycles. The molecule has 3 atom stereocenters. The number of aryl methyl sites for hydroxylation is 3. The van der Waals surface area contributed by atoms with Gasteiger partial charge >= 0.3 is 16.3 Å². The summed E-state index contributed by atoms with van der Waals surface area (Å²) < 4.78 is 170. The summed E-state index contributed by atoms with van der Waals surface area (Å²) >= 11 is 18.8. The number of anilines is 1. The second kappa shape index (κ2) is 53.3. The standard InChI is InChI=1S/C31H42ClN5O6S2.C27H34ClN5O5S2.C27H33ClN4O3S.C12H19N3O4S/c1-22-21-33-16-15-27(22)26-11-7-10-25(20-26)24(3)37(44(39,40)29-13-8-12-28(32)23(29)2)19-9-14-30(38)34-17-18-35-45(41,42)36-43-31(4,5)6;1-19-18-30-13-12-24(19)23-8-4-7-22(17-23)21(3)33(39(35,36)26-10-5-9-25(28)20(26)2)16-6-11-27(34)31-14-15-32-40(29,37)38;1-19-18-30-14-12-24(19)23-8-4-7-22(17-23)21(3)32(16-6-11-27(33)31-15-13-29)36(34,35)26-10-5-9-25(28)20(26)2;1-12(2,3)19-11(16)13-20(17,18)15-8-6-10(7-9-15)14(4)5/h7-8,10-13,15-16,20-21,24,35-36H,9,14,17-19H2,1-6H3,(H,34,38);4-5,7-10,12-13,17-18,21,32H,6,11,14-16H2,1-3H3,(H,31,34)(H2,29,37,38);4-5,7-10,12,14,17-18,21H,6,11,13,15-16,29H2,1-3H3,(H,31,33);6-9H,1-5H3/p+1/t24-;2*21-;/m000./s1. The Kier molecular flexibility index (Phi) is 44.4. The van der Waals surface area contributed by atoms with Gasteiger partial charge in [0, 0.05) is 180 Å². The molecular formula is C97H129Cl3N17O18S6+. The van der Waals surface area contributed by atoms with Gasteiger partial charge in [-0.3, -0.25) is 34.2 Å². The van der Waals surface area contributed by atoms with E-state index in [4.69, 9.17) is 55.2 Å². The van der Waals surface area contributed by atoms with Gasteiger partial charge in [0.1, 0.15) is 5.60 Å². The summed E-state index contributed by atoms with van der Waals surface area (Å²) in [7, 11) is -20.0. The number of benzene rings is 6. The van der Waals surface area contributed by atoms with Crippen LogP contribution >= 0.6 is 34.8 Å². The molecule has 4 amide bonds. The molecule has 10 aromatic rings. The number of hydrogen-bond donors (Lipinski definition) is 9. The van der Waals surface area contributed by atoms with Crippen molar-refractivity contribution in [3.63, 3.8) is 0 Å². The van der Waals surface area contributed by atoms with E-state index in [0.717, 1.165) is 76.4 Å². The van der Waals surface area contributed by atoms with Gasteiger partial charge in [0.25, 0.3) is 20.4 Å². The van der Waals surface area contributed by atoms with Crippen molar-refractivity contribution in [1.82, 2.24) is 62.9 Å². The fourth-order valence-corrected chi connectivity index (χ4v) is 22.7. The Labute approximate surface area is 845 Å². The highest BCUT2D eigenvalue weighted by molar-refractivity contribution is 7.90. The van der Waals surface area contributed by atoms with E-state index >= 15 is 0 Å². The largest absolute Gasteiger partial charge is 0.474 e. The summed E-state index contributed by atoms with van der Waals surface area (Å²) in [4.78, 5) is 70.2. The van der Waals surface area contributed by atoms with Gasteiger partial charge in [0.2, 0.25) is 47.8 Å². The molecule has 141 heavy (non-hydrogen) atoms. The first-order valence-corrected chi connectivity index (χ1v) is 54.9. The summed E-state index contributed by atoms with van der Waals surface area (Å²) in [5.74, 6) is -0.831. The highest BCUT2D eigenvalue weighted by atomic mass is 35.5. The van der Waals surface area contributed by atoms with Gasteiger partial charge in [0.05, 0.1) is 20.3 Å². The van der Waals surface area contributed by atoms with Crippen LogP contribution in [0.1, 0.15) is 169 Å². The normalized spacial score (nSPS) is 12.7. The average molecular weight is 2120 g/mol. The van der Waals surface area contributed by atoms with E-state index in [1.54, 1.807) is 154 Å². The Hall–Kier alpha value is -10.4. The van der Waals surface area contributed by atoms with Gasteiger partial charge in [-0.2, -0.15) is 39.2 Å². The Morgan fingerprint density at radius 2 is 0.766 bits per heavy atom. The van der Waals surface area contributed by atoms with E-state index in [0.29, 0.717) is 51.3 Å². The molecule has 766 valence electrons. The van der Waals surface area contributed by atoms with Crippen LogP contribution in [0.3, 0.4) is 0 Å². The number of nitrogens with zero attached hydrogens (tertiary/aromatic N) is 8. The van der Waals surface area contributed by atoms with Gasteiger partial charge in [-0.15, -0.1) is 8.42 Å². The SMILES string of the molecule is CN(C)c1cc[n+](S(=O)(=O)NC(=O)OC(C)(C)C)cc1.Cc1cnccc1-c1cccc([C@H](C)N(CCCC(=O)NCCN)S(=O)(=O)c2cccc(Cl)c2C)c1.Cc1cnccc1-c1cccc([C@H](C)N(CCCC(=O)NCCNS(=O)(=O)NOC(C)(C)C)S(=O)(=O)c2cccc(Cl)c2C)c1.Cc1cnccc1-c1cccc([C@H](C)N(CCCC(=O)NCCNS(N)(=O)=O)S(=O)(=O)c2cccc(Cl)c2C)c1. The van der Waals surface area contributed by atoms with Crippen LogP contribution in [0.25, 0.3) is 33.4 Å². The van der Waals surface area contributed by atoms with Gasteiger partial charge in [-0.25, -0.2) is 39.9 Å². The van der Waals surface area contributed by atoms with Crippen molar-refractivity contribution in [2.75, 3.05) is 77.9 Å². The first-order valence-electron chi connectivity index (χ1n) is 45.0. The first kappa shape index (κ1) is 118. The predicted octanol–water partition coefficient (Wildman–Crippen LogP) is 13.6. The molecule has 4 aromatic heterocycles. The van der Waals surface area contributed by atoms with Crippen molar-refractivity contribution in [3.05, 3.63) is 272 Å².